The highest BCUT2D eigenvalue weighted by molar-refractivity contribution is 5.73. The van der Waals surface area contributed by atoms with E-state index in [0.717, 1.165) is 17.1 Å². The van der Waals surface area contributed by atoms with Gasteiger partial charge in [-0.2, -0.15) is 0 Å². The lowest BCUT2D eigenvalue weighted by atomic mass is 10.1. The van der Waals surface area contributed by atoms with Gasteiger partial charge in [-0.3, -0.25) is 0 Å². The van der Waals surface area contributed by atoms with Gasteiger partial charge in [-0.05, 0) is 42.7 Å². The summed E-state index contributed by atoms with van der Waals surface area (Å²) in [4.78, 5) is 2.44. The molecular weight excluding hydrogens is 286 g/mol. The van der Waals surface area contributed by atoms with E-state index in [9.17, 15) is 0 Å². The van der Waals surface area contributed by atoms with E-state index in [2.05, 4.69) is 41.3 Å². The van der Waals surface area contributed by atoms with Crippen molar-refractivity contribution in [1.82, 2.24) is 0 Å². The predicted octanol–water partition coefficient (Wildman–Crippen LogP) is 4.47. The second-order valence-corrected chi connectivity index (χ2v) is 5.73. The van der Waals surface area contributed by atoms with Crippen molar-refractivity contribution in [3.05, 3.63) is 53.6 Å². The van der Waals surface area contributed by atoms with E-state index in [-0.39, 0.29) is 0 Å². The molecule has 3 heteroatoms. The van der Waals surface area contributed by atoms with Gasteiger partial charge < -0.3 is 14.4 Å². The summed E-state index contributed by atoms with van der Waals surface area (Å²) >= 11 is 0. The van der Waals surface area contributed by atoms with Crippen molar-refractivity contribution in [1.29, 1.82) is 0 Å². The number of ether oxygens (including phenoxy) is 2. The van der Waals surface area contributed by atoms with Crippen LogP contribution in [0.2, 0.25) is 0 Å². The van der Waals surface area contributed by atoms with Crippen LogP contribution in [0.25, 0.3) is 12.2 Å². The highest BCUT2D eigenvalue weighted by Crippen LogP contribution is 2.26. The summed E-state index contributed by atoms with van der Waals surface area (Å²) < 4.78 is 10.7. The number of anilines is 1. The monoisotopic (exact) mass is 309 g/mol. The smallest absolute Gasteiger partial charge is 0.129 e. The Hall–Kier alpha value is -2.42. The summed E-state index contributed by atoms with van der Waals surface area (Å²) in [5, 5.41) is 0. The molecule has 0 bridgehead atoms. The lowest BCUT2D eigenvalue weighted by molar-refractivity contribution is 0.394. The fraction of sp³-hybridized carbons (Fsp3) is 0.300. The second-order valence-electron chi connectivity index (χ2n) is 5.73. The first-order valence-electron chi connectivity index (χ1n) is 8.05. The van der Waals surface area contributed by atoms with Crippen molar-refractivity contribution in [2.75, 3.05) is 32.2 Å². The maximum absolute atomic E-state index is 5.42. The first-order chi connectivity index (χ1) is 11.3. The SMILES string of the molecule is COc1ccc(C=Cc2ccc(N3CCCC3)cc2)c(OC)c1. The standard InChI is InChI=1S/C20H23NO2/c1-22-19-12-9-17(20(15-19)23-2)8-5-16-6-10-18(11-7-16)21-13-3-4-14-21/h5-12,15H,3-4,13-14H2,1-2H3. The molecule has 0 amide bonds. The lowest BCUT2D eigenvalue weighted by Crippen LogP contribution is -2.17. The Balaban J connectivity index is 1.74. The molecule has 1 aliphatic heterocycles. The molecule has 2 aromatic rings. The normalized spacial score (nSPS) is 14.4. The van der Waals surface area contributed by atoms with Crippen molar-refractivity contribution in [2.24, 2.45) is 0 Å². The summed E-state index contributed by atoms with van der Waals surface area (Å²) in [7, 11) is 3.34. The highest BCUT2D eigenvalue weighted by Gasteiger charge is 2.11. The van der Waals surface area contributed by atoms with Gasteiger partial charge in [0, 0.05) is 30.4 Å². The van der Waals surface area contributed by atoms with Gasteiger partial charge in [0.05, 0.1) is 14.2 Å². The second kappa shape index (κ2) is 7.23. The molecule has 120 valence electrons. The molecule has 3 rings (SSSR count). The van der Waals surface area contributed by atoms with Crippen LogP contribution in [0.3, 0.4) is 0 Å². The maximum atomic E-state index is 5.42. The van der Waals surface area contributed by atoms with Gasteiger partial charge in [-0.1, -0.05) is 24.3 Å². The first kappa shape index (κ1) is 15.5. The van der Waals surface area contributed by atoms with E-state index >= 15 is 0 Å². The largest absolute Gasteiger partial charge is 0.497 e. The summed E-state index contributed by atoms with van der Waals surface area (Å²) in [5.41, 5.74) is 3.55. The minimum atomic E-state index is 0.800. The molecule has 0 saturated carbocycles. The molecule has 3 nitrogen and oxygen atoms in total. The third kappa shape index (κ3) is 3.67. The van der Waals surface area contributed by atoms with Gasteiger partial charge in [0.1, 0.15) is 11.5 Å². The van der Waals surface area contributed by atoms with Crippen LogP contribution in [-0.2, 0) is 0 Å². The maximum Gasteiger partial charge on any atom is 0.129 e. The zero-order valence-electron chi connectivity index (χ0n) is 13.8. The average molecular weight is 309 g/mol. The minimum absolute atomic E-state index is 0.800. The Labute approximate surface area is 138 Å². The molecule has 0 spiro atoms. The summed E-state index contributed by atoms with van der Waals surface area (Å²) in [6.07, 6.45) is 6.79. The van der Waals surface area contributed by atoms with Crippen molar-refractivity contribution in [3.63, 3.8) is 0 Å². The van der Waals surface area contributed by atoms with Crippen LogP contribution >= 0.6 is 0 Å². The number of methoxy groups -OCH3 is 2. The molecule has 0 atom stereocenters. The molecular formula is C20H23NO2. The Kier molecular flexibility index (Phi) is 4.86. The molecule has 23 heavy (non-hydrogen) atoms. The third-order valence-electron chi connectivity index (χ3n) is 4.26. The quantitative estimate of drug-likeness (QED) is 0.760. The van der Waals surface area contributed by atoms with Crippen molar-refractivity contribution in [2.45, 2.75) is 12.8 Å². The number of hydrogen-bond acceptors (Lipinski definition) is 3. The van der Waals surface area contributed by atoms with Gasteiger partial charge in [-0.15, -0.1) is 0 Å². The molecule has 0 N–H and O–H groups in total. The van der Waals surface area contributed by atoms with Crippen LogP contribution in [0, 0.1) is 0 Å². The van der Waals surface area contributed by atoms with E-state index in [1.807, 2.05) is 18.2 Å². The Morgan fingerprint density at radius 3 is 2.26 bits per heavy atom. The fourth-order valence-corrected chi connectivity index (χ4v) is 2.91. The van der Waals surface area contributed by atoms with Crippen LogP contribution in [0.4, 0.5) is 5.69 Å². The predicted molar refractivity (Wildman–Crippen MR) is 96.4 cm³/mol. The number of nitrogens with zero attached hydrogens (tertiary/aromatic N) is 1. The van der Waals surface area contributed by atoms with Gasteiger partial charge in [-0.25, -0.2) is 0 Å². The molecule has 1 saturated heterocycles. The van der Waals surface area contributed by atoms with E-state index in [0.29, 0.717) is 0 Å². The van der Waals surface area contributed by atoms with Crippen LogP contribution in [0.1, 0.15) is 24.0 Å². The van der Waals surface area contributed by atoms with Gasteiger partial charge in [0.15, 0.2) is 0 Å². The highest BCUT2D eigenvalue weighted by atomic mass is 16.5. The number of hydrogen-bond donors (Lipinski definition) is 0. The molecule has 1 aliphatic rings. The minimum Gasteiger partial charge on any atom is -0.497 e. The molecule has 1 heterocycles. The molecule has 2 aromatic carbocycles. The van der Waals surface area contributed by atoms with Crippen LogP contribution in [0.15, 0.2) is 42.5 Å². The van der Waals surface area contributed by atoms with Crippen molar-refractivity contribution < 1.29 is 9.47 Å². The van der Waals surface area contributed by atoms with E-state index in [4.69, 9.17) is 9.47 Å². The van der Waals surface area contributed by atoms with Crippen LogP contribution in [-0.4, -0.2) is 27.3 Å². The van der Waals surface area contributed by atoms with E-state index < -0.39 is 0 Å². The zero-order valence-corrected chi connectivity index (χ0v) is 13.8. The number of rotatable bonds is 5. The Morgan fingerprint density at radius 2 is 1.61 bits per heavy atom. The summed E-state index contributed by atoms with van der Waals surface area (Å²) in [6, 6.07) is 14.6. The van der Waals surface area contributed by atoms with E-state index in [1.165, 1.54) is 37.2 Å². The molecule has 0 aliphatic carbocycles. The van der Waals surface area contributed by atoms with Crippen LogP contribution in [0.5, 0.6) is 11.5 Å². The fourth-order valence-electron chi connectivity index (χ4n) is 2.91. The van der Waals surface area contributed by atoms with Gasteiger partial charge in [0.25, 0.3) is 0 Å². The van der Waals surface area contributed by atoms with Crippen molar-refractivity contribution >= 4 is 17.8 Å². The van der Waals surface area contributed by atoms with Crippen LogP contribution < -0.4 is 14.4 Å². The third-order valence-corrected chi connectivity index (χ3v) is 4.26. The van der Waals surface area contributed by atoms with Crippen molar-refractivity contribution in [3.8, 4) is 11.5 Å². The molecule has 0 aromatic heterocycles. The molecule has 0 radical (unpaired) electrons. The molecule has 0 unspecified atom stereocenters. The Bertz CT molecular complexity index is 671. The summed E-state index contributed by atoms with van der Waals surface area (Å²) in [5.74, 6) is 1.61. The average Bonchev–Trinajstić information content (AvgIpc) is 3.15. The lowest BCUT2D eigenvalue weighted by Gasteiger charge is -2.17. The first-order valence-corrected chi connectivity index (χ1v) is 8.05. The number of benzene rings is 2. The molecule has 1 fully saturated rings. The Morgan fingerprint density at radius 1 is 0.870 bits per heavy atom. The van der Waals surface area contributed by atoms with E-state index in [1.54, 1.807) is 14.2 Å². The van der Waals surface area contributed by atoms with Gasteiger partial charge >= 0.3 is 0 Å². The zero-order chi connectivity index (χ0) is 16.1. The topological polar surface area (TPSA) is 21.7 Å². The van der Waals surface area contributed by atoms with Gasteiger partial charge in [0.2, 0.25) is 0 Å². The summed E-state index contributed by atoms with van der Waals surface area (Å²) in [6.45, 7) is 2.36.